The lowest BCUT2D eigenvalue weighted by atomic mass is 10.4. The van der Waals surface area contributed by atoms with Crippen molar-refractivity contribution in [3.63, 3.8) is 0 Å². The van der Waals surface area contributed by atoms with Crippen LogP contribution < -0.4 is 10.2 Å². The molecule has 0 saturated heterocycles. The van der Waals surface area contributed by atoms with Gasteiger partial charge in [0.2, 0.25) is 0 Å². The van der Waals surface area contributed by atoms with Crippen molar-refractivity contribution in [1.29, 1.82) is 0 Å². The molecule has 0 spiro atoms. The van der Waals surface area contributed by atoms with E-state index in [9.17, 15) is 0 Å². The Labute approximate surface area is 77.2 Å². The highest BCUT2D eigenvalue weighted by molar-refractivity contribution is 5.52. The van der Waals surface area contributed by atoms with Crippen LogP contribution in [0.1, 0.15) is 6.92 Å². The van der Waals surface area contributed by atoms with E-state index in [0.717, 1.165) is 11.2 Å². The van der Waals surface area contributed by atoms with Crippen LogP contribution in [0.25, 0.3) is 0 Å². The quantitative estimate of drug-likeness (QED) is 0.492. The van der Waals surface area contributed by atoms with Gasteiger partial charge in [0.05, 0.1) is 7.11 Å². The number of aromatic nitrogens is 1. The Hall–Kier alpha value is -1.58. The van der Waals surface area contributed by atoms with Gasteiger partial charge in [0.25, 0.3) is 0 Å². The first kappa shape index (κ1) is 9.51. The van der Waals surface area contributed by atoms with E-state index in [1.54, 1.807) is 13.3 Å². The molecule has 0 aromatic carbocycles. The van der Waals surface area contributed by atoms with Crippen LogP contribution in [0.2, 0.25) is 0 Å². The molecule has 70 valence electrons. The molecule has 0 saturated carbocycles. The van der Waals surface area contributed by atoms with E-state index < -0.39 is 0 Å². The van der Waals surface area contributed by atoms with Crippen molar-refractivity contribution in [1.82, 2.24) is 4.57 Å². The largest absolute Gasteiger partial charge is 0.497 e. The van der Waals surface area contributed by atoms with Crippen molar-refractivity contribution in [3.05, 3.63) is 23.8 Å². The molecule has 4 heteroatoms. The molecule has 0 aliphatic rings. The second kappa shape index (κ2) is 4.45. The first-order valence-electron chi connectivity index (χ1n) is 4.00. The van der Waals surface area contributed by atoms with E-state index in [4.69, 9.17) is 4.74 Å². The molecule has 1 aromatic rings. The van der Waals surface area contributed by atoms with Gasteiger partial charge in [0.1, 0.15) is 5.75 Å². The molecule has 0 unspecified atom stereocenters. The number of ether oxygens (including phenoxy) is 1. The first-order chi connectivity index (χ1) is 6.27. The maximum Gasteiger partial charge on any atom is 0.158 e. The van der Waals surface area contributed by atoms with E-state index in [1.165, 1.54) is 0 Å². The second-order valence-corrected chi connectivity index (χ2v) is 2.51. The van der Waals surface area contributed by atoms with E-state index in [1.807, 2.05) is 36.9 Å². The highest BCUT2D eigenvalue weighted by Gasteiger charge is 1.91. The Morgan fingerprint density at radius 3 is 2.92 bits per heavy atom. The molecule has 1 rings (SSSR count). The van der Waals surface area contributed by atoms with Gasteiger partial charge in [-0.2, -0.15) is 5.10 Å². The Kier molecular flexibility index (Phi) is 3.25. The average Bonchev–Trinajstić information content (AvgIpc) is 2.17. The predicted octanol–water partition coefficient (Wildman–Crippen LogP) is 0.940. The van der Waals surface area contributed by atoms with Crippen molar-refractivity contribution >= 4 is 6.21 Å². The van der Waals surface area contributed by atoms with Crippen LogP contribution in [-0.4, -0.2) is 17.9 Å². The van der Waals surface area contributed by atoms with E-state index >= 15 is 0 Å². The maximum absolute atomic E-state index is 5.06. The molecule has 0 N–H and O–H groups in total. The second-order valence-electron chi connectivity index (χ2n) is 2.51. The van der Waals surface area contributed by atoms with Crippen LogP contribution in [0.3, 0.4) is 0 Å². The Bertz CT molecular complexity index is 365. The molecule has 0 radical (unpaired) electrons. The van der Waals surface area contributed by atoms with Crippen LogP contribution in [0.4, 0.5) is 0 Å². The summed E-state index contributed by atoms with van der Waals surface area (Å²) in [5.41, 5.74) is 0.762. The van der Waals surface area contributed by atoms with Gasteiger partial charge in [0, 0.05) is 25.5 Å². The number of hydrogen-bond donors (Lipinski definition) is 0. The molecule has 0 atom stereocenters. The highest BCUT2D eigenvalue weighted by atomic mass is 16.5. The molecule has 0 fully saturated rings. The summed E-state index contributed by atoms with van der Waals surface area (Å²) < 4.78 is 6.94. The van der Waals surface area contributed by atoms with E-state index in [2.05, 4.69) is 10.2 Å². The van der Waals surface area contributed by atoms with Crippen molar-refractivity contribution in [2.24, 2.45) is 17.3 Å². The van der Waals surface area contributed by atoms with Crippen LogP contribution in [0, 0.1) is 0 Å². The monoisotopic (exact) mass is 179 g/mol. The third-order valence-corrected chi connectivity index (χ3v) is 1.61. The molecule has 0 aliphatic heterocycles. The van der Waals surface area contributed by atoms with Gasteiger partial charge >= 0.3 is 0 Å². The normalized spacial score (nSPS) is 12.4. The summed E-state index contributed by atoms with van der Waals surface area (Å²) in [6, 6.07) is 3.70. The van der Waals surface area contributed by atoms with Gasteiger partial charge in [-0.15, -0.1) is 5.10 Å². The van der Waals surface area contributed by atoms with Gasteiger partial charge in [-0.05, 0) is 13.0 Å². The summed E-state index contributed by atoms with van der Waals surface area (Å²) >= 11 is 0. The lowest BCUT2D eigenvalue weighted by molar-refractivity contribution is 0.412. The zero-order valence-corrected chi connectivity index (χ0v) is 8.06. The molecular formula is C9H13N3O. The Balaban J connectivity index is 3.18. The van der Waals surface area contributed by atoms with Crippen molar-refractivity contribution < 1.29 is 4.74 Å². The van der Waals surface area contributed by atoms with Gasteiger partial charge in [-0.25, -0.2) is 0 Å². The van der Waals surface area contributed by atoms with Gasteiger partial charge in [-0.3, -0.25) is 0 Å². The zero-order chi connectivity index (χ0) is 9.68. The number of aryl methyl sites for hydroxylation is 1. The molecule has 1 aromatic heterocycles. The number of nitrogens with zero attached hydrogens (tertiary/aromatic N) is 3. The van der Waals surface area contributed by atoms with Crippen LogP contribution in [0.15, 0.2) is 28.5 Å². The summed E-state index contributed by atoms with van der Waals surface area (Å²) in [6.07, 6.45) is 3.52. The summed E-state index contributed by atoms with van der Waals surface area (Å²) in [5, 5.41) is 7.79. The lowest BCUT2D eigenvalue weighted by Gasteiger charge is -2.01. The number of rotatable bonds is 2. The van der Waals surface area contributed by atoms with Gasteiger partial charge in [-0.1, -0.05) is 0 Å². The molecule has 13 heavy (non-hydrogen) atoms. The van der Waals surface area contributed by atoms with Gasteiger partial charge < -0.3 is 9.30 Å². The fourth-order valence-corrected chi connectivity index (χ4v) is 0.882. The molecule has 0 amide bonds. The smallest absolute Gasteiger partial charge is 0.158 e. The minimum absolute atomic E-state index is 0.762. The van der Waals surface area contributed by atoms with Crippen LogP contribution in [-0.2, 0) is 7.05 Å². The highest BCUT2D eigenvalue weighted by Crippen LogP contribution is 2.02. The summed E-state index contributed by atoms with van der Waals surface area (Å²) in [7, 11) is 3.53. The third kappa shape index (κ3) is 2.43. The molecular weight excluding hydrogens is 166 g/mol. The minimum Gasteiger partial charge on any atom is -0.497 e. The zero-order valence-electron chi connectivity index (χ0n) is 8.06. The van der Waals surface area contributed by atoms with Gasteiger partial charge in [0.15, 0.2) is 5.49 Å². The summed E-state index contributed by atoms with van der Waals surface area (Å²) in [5.74, 6) is 0.781. The summed E-state index contributed by atoms with van der Waals surface area (Å²) in [4.78, 5) is 0. The van der Waals surface area contributed by atoms with Crippen molar-refractivity contribution in [2.75, 3.05) is 7.11 Å². The lowest BCUT2D eigenvalue weighted by Crippen LogP contribution is -2.16. The minimum atomic E-state index is 0.762. The summed E-state index contributed by atoms with van der Waals surface area (Å²) in [6.45, 7) is 1.82. The fraction of sp³-hybridized carbons (Fsp3) is 0.333. The Morgan fingerprint density at radius 1 is 1.54 bits per heavy atom. The van der Waals surface area contributed by atoms with Crippen LogP contribution >= 0.6 is 0 Å². The van der Waals surface area contributed by atoms with Crippen molar-refractivity contribution in [3.8, 4) is 5.75 Å². The molecule has 4 nitrogen and oxygen atoms in total. The Morgan fingerprint density at radius 2 is 2.31 bits per heavy atom. The third-order valence-electron chi connectivity index (χ3n) is 1.61. The SMILES string of the molecule is CC=NN=c1cc(OC)ccn1C. The predicted molar refractivity (Wildman–Crippen MR) is 51.7 cm³/mol. The topological polar surface area (TPSA) is 38.9 Å². The average molecular weight is 179 g/mol. The standard InChI is InChI=1S/C9H13N3O/c1-4-10-11-9-7-8(13-3)5-6-12(9)2/h4-7H,1-3H3. The van der Waals surface area contributed by atoms with Crippen molar-refractivity contribution in [2.45, 2.75) is 6.92 Å². The first-order valence-corrected chi connectivity index (χ1v) is 4.00. The molecule has 1 heterocycles. The van der Waals surface area contributed by atoms with E-state index in [0.29, 0.717) is 0 Å². The molecule has 0 bridgehead atoms. The van der Waals surface area contributed by atoms with E-state index in [-0.39, 0.29) is 0 Å². The fourth-order valence-electron chi connectivity index (χ4n) is 0.882. The number of pyridine rings is 1. The van der Waals surface area contributed by atoms with Crippen LogP contribution in [0.5, 0.6) is 5.75 Å². The number of hydrogen-bond acceptors (Lipinski definition) is 3. The molecule has 0 aliphatic carbocycles. The number of methoxy groups -OCH3 is 1. The maximum atomic E-state index is 5.06.